The van der Waals surface area contributed by atoms with Crippen LogP contribution in [0.1, 0.15) is 27.1 Å². The molecule has 86 valence electrons. The Morgan fingerprint density at radius 2 is 1.93 bits per heavy atom. The van der Waals surface area contributed by atoms with Crippen LogP contribution in [0.5, 0.6) is 0 Å². The third kappa shape index (κ3) is 3.04. The van der Waals surface area contributed by atoms with Gasteiger partial charge >= 0.3 is 0 Å². The maximum absolute atomic E-state index is 11.4. The molecule has 0 aromatic carbocycles. The summed E-state index contributed by atoms with van der Waals surface area (Å²) in [5.41, 5.74) is 1.16. The zero-order valence-electron chi connectivity index (χ0n) is 9.24. The second kappa shape index (κ2) is 4.55. The van der Waals surface area contributed by atoms with Gasteiger partial charge in [-0.2, -0.15) is 0 Å². The lowest BCUT2D eigenvalue weighted by Crippen LogP contribution is -2.20. The maximum Gasteiger partial charge on any atom is 0.151 e. The fourth-order valence-corrected chi connectivity index (χ4v) is 4.96. The van der Waals surface area contributed by atoms with Crippen LogP contribution < -0.4 is 0 Å². The van der Waals surface area contributed by atoms with Gasteiger partial charge in [-0.05, 0) is 32.4 Å². The van der Waals surface area contributed by atoms with Gasteiger partial charge in [0.05, 0.1) is 10.1 Å². The Morgan fingerprint density at radius 1 is 1.40 bits per heavy atom. The molecule has 2 unspecified atom stereocenters. The molecule has 0 aliphatic heterocycles. The number of sulfone groups is 1. The molecule has 5 heteroatoms. The quantitative estimate of drug-likeness (QED) is 0.803. The van der Waals surface area contributed by atoms with Crippen LogP contribution in [0.3, 0.4) is 0 Å². The van der Waals surface area contributed by atoms with Crippen molar-refractivity contribution in [3.8, 4) is 0 Å². The average molecular weight is 311 g/mol. The SMILES string of the molecule is Cc1cc(C)c(C(Br)C(C)S(C)(=O)=O)s1. The van der Waals surface area contributed by atoms with Crippen molar-refractivity contribution in [1.29, 1.82) is 0 Å². The minimum absolute atomic E-state index is 0.105. The van der Waals surface area contributed by atoms with Crippen molar-refractivity contribution in [2.24, 2.45) is 0 Å². The fraction of sp³-hybridized carbons (Fsp3) is 0.600. The van der Waals surface area contributed by atoms with Gasteiger partial charge < -0.3 is 0 Å². The smallest absolute Gasteiger partial charge is 0.151 e. The van der Waals surface area contributed by atoms with Crippen LogP contribution in [0.4, 0.5) is 0 Å². The van der Waals surface area contributed by atoms with Crippen LogP contribution in [0.15, 0.2) is 6.07 Å². The second-order valence-electron chi connectivity index (χ2n) is 3.84. The van der Waals surface area contributed by atoms with E-state index >= 15 is 0 Å². The molecule has 2 atom stereocenters. The summed E-state index contributed by atoms with van der Waals surface area (Å²) in [5, 5.41) is -0.394. The number of thiophene rings is 1. The molecule has 2 nitrogen and oxygen atoms in total. The van der Waals surface area contributed by atoms with Gasteiger partial charge in [-0.25, -0.2) is 8.42 Å². The van der Waals surface area contributed by atoms with Gasteiger partial charge in [-0.1, -0.05) is 15.9 Å². The van der Waals surface area contributed by atoms with Crippen LogP contribution in [0.2, 0.25) is 0 Å². The molecule has 1 heterocycles. The summed E-state index contributed by atoms with van der Waals surface area (Å²) in [6, 6.07) is 2.09. The Kier molecular flexibility index (Phi) is 4.01. The topological polar surface area (TPSA) is 34.1 Å². The molecule has 0 saturated heterocycles. The van der Waals surface area contributed by atoms with Crippen molar-refractivity contribution in [2.75, 3.05) is 6.26 Å². The number of hydrogen-bond acceptors (Lipinski definition) is 3. The highest BCUT2D eigenvalue weighted by atomic mass is 79.9. The normalized spacial score (nSPS) is 16.3. The van der Waals surface area contributed by atoms with Crippen LogP contribution >= 0.6 is 27.3 Å². The van der Waals surface area contributed by atoms with E-state index in [0.717, 1.165) is 10.4 Å². The summed E-state index contributed by atoms with van der Waals surface area (Å²) < 4.78 is 22.9. The zero-order valence-corrected chi connectivity index (χ0v) is 12.5. The molecule has 1 rings (SSSR count). The van der Waals surface area contributed by atoms with Gasteiger partial charge in [0.2, 0.25) is 0 Å². The number of hydrogen-bond donors (Lipinski definition) is 0. The number of halogens is 1. The third-order valence-corrected chi connectivity index (χ3v) is 7.18. The van der Waals surface area contributed by atoms with E-state index in [-0.39, 0.29) is 4.83 Å². The average Bonchev–Trinajstić information content (AvgIpc) is 2.41. The Morgan fingerprint density at radius 3 is 2.27 bits per heavy atom. The summed E-state index contributed by atoms with van der Waals surface area (Å²) in [6.45, 7) is 5.79. The van der Waals surface area contributed by atoms with Crippen molar-refractivity contribution >= 4 is 37.1 Å². The highest BCUT2D eigenvalue weighted by Crippen LogP contribution is 2.37. The Balaban J connectivity index is 3.05. The second-order valence-corrected chi connectivity index (χ2v) is 8.52. The molecule has 0 aliphatic carbocycles. The van der Waals surface area contributed by atoms with Gasteiger partial charge in [0, 0.05) is 16.0 Å². The molecule has 0 saturated carbocycles. The van der Waals surface area contributed by atoms with Crippen molar-refractivity contribution < 1.29 is 8.42 Å². The first kappa shape index (κ1) is 13.2. The Hall–Kier alpha value is 0.130. The molecule has 1 aromatic rings. The van der Waals surface area contributed by atoms with Crippen molar-refractivity contribution in [3.05, 3.63) is 21.4 Å². The molecule has 0 N–H and O–H groups in total. The standard InChI is InChI=1S/C10H15BrO2S2/c1-6-5-7(2)14-10(6)9(11)8(3)15(4,12)13/h5,8-9H,1-4H3. The van der Waals surface area contributed by atoms with E-state index < -0.39 is 15.1 Å². The van der Waals surface area contributed by atoms with Crippen molar-refractivity contribution in [3.63, 3.8) is 0 Å². The molecule has 0 aliphatic rings. The molecule has 0 spiro atoms. The highest BCUT2D eigenvalue weighted by Gasteiger charge is 2.27. The Bertz CT molecular complexity index is 448. The van der Waals surface area contributed by atoms with Gasteiger partial charge in [-0.15, -0.1) is 11.3 Å². The molecule has 0 bridgehead atoms. The molecule has 0 amide bonds. The zero-order chi connectivity index (χ0) is 11.8. The van der Waals surface area contributed by atoms with Gasteiger partial charge in [0.1, 0.15) is 0 Å². The summed E-state index contributed by atoms with van der Waals surface area (Å²) in [6.07, 6.45) is 1.28. The molecular formula is C10H15BrO2S2. The van der Waals surface area contributed by atoms with Gasteiger partial charge in [-0.3, -0.25) is 0 Å². The van der Waals surface area contributed by atoms with E-state index in [1.165, 1.54) is 11.1 Å². The molecule has 1 aromatic heterocycles. The van der Waals surface area contributed by atoms with Crippen LogP contribution in [-0.4, -0.2) is 19.9 Å². The fourth-order valence-electron chi connectivity index (χ4n) is 1.36. The van der Waals surface area contributed by atoms with E-state index in [1.807, 2.05) is 13.8 Å². The lowest BCUT2D eigenvalue weighted by atomic mass is 10.2. The van der Waals surface area contributed by atoms with E-state index in [1.54, 1.807) is 18.3 Å². The summed E-state index contributed by atoms with van der Waals surface area (Å²) in [7, 11) is -3.00. The molecule has 0 fully saturated rings. The first-order valence-electron chi connectivity index (χ1n) is 4.63. The summed E-state index contributed by atoms with van der Waals surface area (Å²) >= 11 is 5.14. The minimum atomic E-state index is -3.00. The first-order chi connectivity index (χ1) is 6.73. The van der Waals surface area contributed by atoms with E-state index in [4.69, 9.17) is 0 Å². The predicted octanol–water partition coefficient (Wildman–Crippen LogP) is 3.23. The summed E-state index contributed by atoms with van der Waals surface area (Å²) in [5.74, 6) is 0. The number of aryl methyl sites for hydroxylation is 2. The minimum Gasteiger partial charge on any atom is -0.229 e. The van der Waals surface area contributed by atoms with Crippen molar-refractivity contribution in [1.82, 2.24) is 0 Å². The molecule has 15 heavy (non-hydrogen) atoms. The van der Waals surface area contributed by atoms with E-state index in [0.29, 0.717) is 0 Å². The summed E-state index contributed by atoms with van der Waals surface area (Å²) in [4.78, 5) is 2.23. The van der Waals surface area contributed by atoms with Crippen LogP contribution in [0.25, 0.3) is 0 Å². The van der Waals surface area contributed by atoms with Crippen molar-refractivity contribution in [2.45, 2.75) is 30.8 Å². The Labute approximate surface area is 104 Å². The van der Waals surface area contributed by atoms with Gasteiger partial charge in [0.25, 0.3) is 0 Å². The molecular weight excluding hydrogens is 296 g/mol. The largest absolute Gasteiger partial charge is 0.229 e. The lowest BCUT2D eigenvalue weighted by Gasteiger charge is -2.16. The number of alkyl halides is 1. The van der Waals surface area contributed by atoms with Crippen LogP contribution in [-0.2, 0) is 9.84 Å². The highest BCUT2D eigenvalue weighted by molar-refractivity contribution is 9.09. The van der Waals surface area contributed by atoms with Gasteiger partial charge in [0.15, 0.2) is 9.84 Å². The first-order valence-corrected chi connectivity index (χ1v) is 8.32. The number of rotatable bonds is 3. The van der Waals surface area contributed by atoms with Crippen LogP contribution in [0, 0.1) is 13.8 Å². The monoisotopic (exact) mass is 310 g/mol. The maximum atomic E-state index is 11.4. The lowest BCUT2D eigenvalue weighted by molar-refractivity contribution is 0.588. The third-order valence-electron chi connectivity index (χ3n) is 2.42. The van der Waals surface area contributed by atoms with E-state index in [2.05, 4.69) is 22.0 Å². The predicted molar refractivity (Wildman–Crippen MR) is 69.8 cm³/mol. The molecule has 0 radical (unpaired) electrons. The van der Waals surface area contributed by atoms with E-state index in [9.17, 15) is 8.42 Å².